The summed E-state index contributed by atoms with van der Waals surface area (Å²) in [5.74, 6) is -0.669. The van der Waals surface area contributed by atoms with Gasteiger partial charge in [-0.1, -0.05) is 12.2 Å². The number of carbonyl (C=O) groups excluding carboxylic acids is 2. The highest BCUT2D eigenvalue weighted by Gasteiger charge is 2.23. The van der Waals surface area contributed by atoms with Crippen molar-refractivity contribution in [2.45, 2.75) is 26.2 Å². The van der Waals surface area contributed by atoms with Gasteiger partial charge < -0.3 is 9.47 Å². The van der Waals surface area contributed by atoms with E-state index >= 15 is 0 Å². The van der Waals surface area contributed by atoms with Crippen LogP contribution in [-0.4, -0.2) is 18.7 Å². The quantitative estimate of drug-likeness (QED) is 0.387. The molecule has 1 aliphatic carbocycles. The number of ether oxygens (including phenoxy) is 2. The zero-order valence-corrected chi connectivity index (χ0v) is 8.19. The summed E-state index contributed by atoms with van der Waals surface area (Å²) in [6, 6.07) is 0. The third-order valence-electron chi connectivity index (χ3n) is 2.05. The molecule has 0 aliphatic heterocycles. The van der Waals surface area contributed by atoms with E-state index < -0.39 is 12.1 Å². The van der Waals surface area contributed by atoms with Crippen LogP contribution in [0.15, 0.2) is 12.2 Å². The Morgan fingerprint density at radius 3 is 2.79 bits per heavy atom. The normalized spacial score (nSPS) is 20.2. The molecular formula is C10H14O4. The van der Waals surface area contributed by atoms with E-state index in [-0.39, 0.29) is 12.5 Å². The van der Waals surface area contributed by atoms with Gasteiger partial charge in [-0.05, 0) is 26.2 Å². The van der Waals surface area contributed by atoms with Gasteiger partial charge in [0.1, 0.15) is 0 Å². The molecule has 0 aromatic carbocycles. The van der Waals surface area contributed by atoms with Crippen LogP contribution < -0.4 is 0 Å². The molecule has 0 bridgehead atoms. The van der Waals surface area contributed by atoms with Crippen molar-refractivity contribution >= 4 is 12.1 Å². The molecule has 1 unspecified atom stereocenters. The molecule has 0 amide bonds. The van der Waals surface area contributed by atoms with Crippen molar-refractivity contribution in [2.75, 3.05) is 6.61 Å². The lowest BCUT2D eigenvalue weighted by molar-refractivity contribution is -0.144. The van der Waals surface area contributed by atoms with Gasteiger partial charge in [0.05, 0.1) is 12.5 Å². The van der Waals surface area contributed by atoms with Crippen LogP contribution in [0, 0.1) is 5.92 Å². The smallest absolute Gasteiger partial charge is 0.434 e. The molecule has 0 spiro atoms. The van der Waals surface area contributed by atoms with Gasteiger partial charge in [-0.2, -0.15) is 0 Å². The molecule has 14 heavy (non-hydrogen) atoms. The summed E-state index contributed by atoms with van der Waals surface area (Å²) in [5.41, 5.74) is 0. The number of hydrogen-bond donors (Lipinski definition) is 0. The van der Waals surface area contributed by atoms with Gasteiger partial charge in [0.15, 0.2) is 0 Å². The van der Waals surface area contributed by atoms with E-state index in [1.165, 1.54) is 0 Å². The third kappa shape index (κ3) is 3.20. The van der Waals surface area contributed by atoms with E-state index in [4.69, 9.17) is 0 Å². The van der Waals surface area contributed by atoms with E-state index in [0.29, 0.717) is 6.42 Å². The average molecular weight is 198 g/mol. The molecule has 78 valence electrons. The molecule has 1 rings (SSSR count). The molecule has 4 heteroatoms. The summed E-state index contributed by atoms with van der Waals surface area (Å²) in [5, 5.41) is 0. The van der Waals surface area contributed by atoms with Crippen LogP contribution in [-0.2, 0) is 14.3 Å². The fraction of sp³-hybridized carbons (Fsp3) is 0.600. The topological polar surface area (TPSA) is 52.6 Å². The number of hydrogen-bond acceptors (Lipinski definition) is 4. The maximum Gasteiger partial charge on any atom is 0.516 e. The molecule has 0 radical (unpaired) electrons. The zero-order chi connectivity index (χ0) is 10.4. The van der Waals surface area contributed by atoms with Crippen molar-refractivity contribution in [3.63, 3.8) is 0 Å². The molecule has 0 saturated carbocycles. The van der Waals surface area contributed by atoms with E-state index in [2.05, 4.69) is 9.47 Å². The Hall–Kier alpha value is -1.32. The van der Waals surface area contributed by atoms with Crippen molar-refractivity contribution < 1.29 is 19.1 Å². The third-order valence-corrected chi connectivity index (χ3v) is 2.05. The SMILES string of the molecule is CCOC(=O)OC(=O)C1CC=CCC1. The minimum Gasteiger partial charge on any atom is -0.434 e. The van der Waals surface area contributed by atoms with Gasteiger partial charge in [-0.3, -0.25) is 4.79 Å². The number of rotatable bonds is 2. The Balaban J connectivity index is 2.34. The van der Waals surface area contributed by atoms with Crippen molar-refractivity contribution in [1.29, 1.82) is 0 Å². The van der Waals surface area contributed by atoms with Crippen LogP contribution in [0.1, 0.15) is 26.2 Å². The van der Waals surface area contributed by atoms with Crippen LogP contribution in [0.2, 0.25) is 0 Å². The average Bonchev–Trinajstić information content (AvgIpc) is 2.19. The second kappa shape index (κ2) is 5.42. The van der Waals surface area contributed by atoms with Crippen LogP contribution in [0.3, 0.4) is 0 Å². The van der Waals surface area contributed by atoms with Crippen LogP contribution in [0.25, 0.3) is 0 Å². The molecule has 4 nitrogen and oxygen atoms in total. The lowest BCUT2D eigenvalue weighted by Crippen LogP contribution is -2.22. The first-order valence-electron chi connectivity index (χ1n) is 4.77. The first kappa shape index (κ1) is 10.8. The summed E-state index contributed by atoms with van der Waals surface area (Å²) < 4.78 is 9.00. The second-order valence-electron chi connectivity index (χ2n) is 3.09. The van der Waals surface area contributed by atoms with Gasteiger partial charge in [0, 0.05) is 0 Å². The molecule has 1 aliphatic rings. The van der Waals surface area contributed by atoms with Gasteiger partial charge in [0.25, 0.3) is 0 Å². The highest BCUT2D eigenvalue weighted by Crippen LogP contribution is 2.19. The van der Waals surface area contributed by atoms with Crippen LogP contribution >= 0.6 is 0 Å². The van der Waals surface area contributed by atoms with Gasteiger partial charge in [0.2, 0.25) is 0 Å². The predicted molar refractivity (Wildman–Crippen MR) is 49.6 cm³/mol. The Labute approximate surface area is 82.9 Å². The van der Waals surface area contributed by atoms with E-state index in [1.54, 1.807) is 6.92 Å². The summed E-state index contributed by atoms with van der Waals surface area (Å²) in [6.45, 7) is 1.88. The maximum absolute atomic E-state index is 11.3. The minimum absolute atomic E-state index is 0.190. The number of carbonyl (C=O) groups is 2. The first-order chi connectivity index (χ1) is 6.74. The maximum atomic E-state index is 11.3. The van der Waals surface area contributed by atoms with Gasteiger partial charge in [-0.25, -0.2) is 4.79 Å². The van der Waals surface area contributed by atoms with Crippen LogP contribution in [0.5, 0.6) is 0 Å². The molecule has 0 saturated heterocycles. The molecule has 1 atom stereocenters. The fourth-order valence-electron chi connectivity index (χ4n) is 1.32. The summed E-state index contributed by atoms with van der Waals surface area (Å²) in [7, 11) is 0. The standard InChI is InChI=1S/C10H14O4/c1-2-13-10(12)14-9(11)8-6-4-3-5-7-8/h3-4,8H,2,5-7H2,1H3. The highest BCUT2D eigenvalue weighted by atomic mass is 16.7. The second-order valence-corrected chi connectivity index (χ2v) is 3.09. The zero-order valence-electron chi connectivity index (χ0n) is 8.19. The monoisotopic (exact) mass is 198 g/mol. The van der Waals surface area contributed by atoms with Crippen molar-refractivity contribution in [2.24, 2.45) is 5.92 Å². The van der Waals surface area contributed by atoms with Crippen molar-refractivity contribution in [3.05, 3.63) is 12.2 Å². The molecular weight excluding hydrogens is 184 g/mol. The lowest BCUT2D eigenvalue weighted by atomic mass is 9.95. The Morgan fingerprint density at radius 1 is 1.43 bits per heavy atom. The van der Waals surface area contributed by atoms with Crippen molar-refractivity contribution in [3.8, 4) is 0 Å². The van der Waals surface area contributed by atoms with Gasteiger partial charge >= 0.3 is 12.1 Å². The van der Waals surface area contributed by atoms with E-state index in [9.17, 15) is 9.59 Å². The van der Waals surface area contributed by atoms with Crippen LogP contribution in [0.4, 0.5) is 4.79 Å². The molecule has 0 heterocycles. The number of esters is 1. The number of allylic oxidation sites excluding steroid dienone is 2. The van der Waals surface area contributed by atoms with E-state index in [0.717, 1.165) is 12.8 Å². The molecule has 0 N–H and O–H groups in total. The summed E-state index contributed by atoms with van der Waals surface area (Å²) in [4.78, 5) is 22.1. The summed E-state index contributed by atoms with van der Waals surface area (Å²) in [6.07, 6.45) is 5.32. The summed E-state index contributed by atoms with van der Waals surface area (Å²) >= 11 is 0. The largest absolute Gasteiger partial charge is 0.516 e. The Bertz CT molecular complexity index is 245. The molecule has 0 fully saturated rings. The predicted octanol–water partition coefficient (Wildman–Crippen LogP) is 2.04. The van der Waals surface area contributed by atoms with E-state index in [1.807, 2.05) is 12.2 Å². The first-order valence-corrected chi connectivity index (χ1v) is 4.77. The molecule has 0 aromatic heterocycles. The Kier molecular flexibility index (Phi) is 4.16. The fourth-order valence-corrected chi connectivity index (χ4v) is 1.32. The highest BCUT2D eigenvalue weighted by molar-refractivity contribution is 5.83. The van der Waals surface area contributed by atoms with Crippen molar-refractivity contribution in [1.82, 2.24) is 0 Å². The minimum atomic E-state index is -0.896. The Morgan fingerprint density at radius 2 is 2.21 bits per heavy atom. The lowest BCUT2D eigenvalue weighted by Gasteiger charge is -2.14. The molecule has 0 aromatic rings. The van der Waals surface area contributed by atoms with Gasteiger partial charge in [-0.15, -0.1) is 0 Å².